The van der Waals surface area contributed by atoms with Crippen LogP contribution in [0.25, 0.3) is 5.76 Å². The van der Waals surface area contributed by atoms with Crippen LogP contribution in [0.3, 0.4) is 0 Å². The van der Waals surface area contributed by atoms with Crippen molar-refractivity contribution in [3.8, 4) is 5.75 Å². The number of aromatic nitrogens is 1. The van der Waals surface area contributed by atoms with E-state index in [1.807, 2.05) is 19.0 Å². The maximum absolute atomic E-state index is 12.8. The number of hydrogen-bond donors (Lipinski definition) is 2. The molecule has 1 aromatic carbocycles. The molecule has 2 N–H and O–H groups in total. The number of phenols is 1. The zero-order chi connectivity index (χ0) is 20.3. The second-order valence-corrected chi connectivity index (χ2v) is 6.98. The van der Waals surface area contributed by atoms with Crippen molar-refractivity contribution in [3.05, 3.63) is 65.5 Å². The highest BCUT2D eigenvalue weighted by atomic mass is 16.3. The second kappa shape index (κ2) is 8.22. The van der Waals surface area contributed by atoms with Gasteiger partial charge in [-0.3, -0.25) is 14.6 Å². The fourth-order valence-corrected chi connectivity index (χ4v) is 3.34. The van der Waals surface area contributed by atoms with E-state index in [0.29, 0.717) is 24.1 Å². The number of benzene rings is 1. The molecule has 1 unspecified atom stereocenters. The van der Waals surface area contributed by atoms with E-state index in [-0.39, 0.29) is 17.1 Å². The van der Waals surface area contributed by atoms with Gasteiger partial charge in [0.25, 0.3) is 11.7 Å². The number of carbonyl (C=O) groups is 2. The molecule has 7 nitrogen and oxygen atoms in total. The molecule has 1 saturated heterocycles. The van der Waals surface area contributed by atoms with Crippen LogP contribution in [0.2, 0.25) is 0 Å². The van der Waals surface area contributed by atoms with Crippen LogP contribution in [0.5, 0.6) is 5.75 Å². The summed E-state index contributed by atoms with van der Waals surface area (Å²) in [6.45, 7) is 1.14. The van der Waals surface area contributed by atoms with E-state index in [2.05, 4.69) is 4.98 Å². The van der Waals surface area contributed by atoms with Gasteiger partial charge in [0.1, 0.15) is 11.5 Å². The molecule has 1 fully saturated rings. The Hall–Kier alpha value is -3.19. The van der Waals surface area contributed by atoms with E-state index in [1.165, 1.54) is 29.4 Å². The lowest BCUT2D eigenvalue weighted by Crippen LogP contribution is -2.32. The molecule has 1 aliphatic heterocycles. The Balaban J connectivity index is 2.07. The SMILES string of the molecule is CN(C)CCCN1C(=O)C(=O)C(=C(O)c2ccncc2)C1c1ccc(O)cc1. The summed E-state index contributed by atoms with van der Waals surface area (Å²) in [6.07, 6.45) is 3.71. The fourth-order valence-electron chi connectivity index (χ4n) is 3.34. The van der Waals surface area contributed by atoms with Crippen molar-refractivity contribution < 1.29 is 19.8 Å². The van der Waals surface area contributed by atoms with Crippen LogP contribution >= 0.6 is 0 Å². The van der Waals surface area contributed by atoms with Gasteiger partial charge in [0.15, 0.2) is 0 Å². The second-order valence-electron chi connectivity index (χ2n) is 6.98. The zero-order valence-corrected chi connectivity index (χ0v) is 15.9. The van der Waals surface area contributed by atoms with Gasteiger partial charge < -0.3 is 20.0 Å². The predicted molar refractivity (Wildman–Crippen MR) is 105 cm³/mol. The first-order valence-corrected chi connectivity index (χ1v) is 9.02. The first-order valence-electron chi connectivity index (χ1n) is 9.02. The number of aromatic hydroxyl groups is 1. The molecule has 0 bridgehead atoms. The number of carbonyl (C=O) groups excluding carboxylic acids is 2. The van der Waals surface area contributed by atoms with Gasteiger partial charge in [0.2, 0.25) is 0 Å². The predicted octanol–water partition coefficient (Wildman–Crippen LogP) is 2.16. The van der Waals surface area contributed by atoms with Crippen molar-refractivity contribution in [2.24, 2.45) is 0 Å². The van der Waals surface area contributed by atoms with E-state index in [9.17, 15) is 19.8 Å². The standard InChI is InChI=1S/C21H23N3O4/c1-23(2)12-3-13-24-18(14-4-6-16(25)7-5-14)17(20(27)21(24)28)19(26)15-8-10-22-11-9-15/h4-11,18,25-26H,3,12-13H2,1-2H3. The highest BCUT2D eigenvalue weighted by Gasteiger charge is 2.45. The first kappa shape index (κ1) is 19.6. The Kier molecular flexibility index (Phi) is 5.75. The van der Waals surface area contributed by atoms with Gasteiger partial charge in [-0.25, -0.2) is 0 Å². The van der Waals surface area contributed by atoms with Gasteiger partial charge in [-0.2, -0.15) is 0 Å². The van der Waals surface area contributed by atoms with Crippen LogP contribution in [0.15, 0.2) is 54.4 Å². The number of aliphatic hydroxyl groups excluding tert-OH is 1. The molecular formula is C21H23N3O4. The van der Waals surface area contributed by atoms with Crippen LogP contribution in [-0.4, -0.2) is 63.9 Å². The van der Waals surface area contributed by atoms with Crippen LogP contribution in [-0.2, 0) is 9.59 Å². The number of pyridine rings is 1. The van der Waals surface area contributed by atoms with Gasteiger partial charge in [0, 0.05) is 24.5 Å². The molecule has 2 heterocycles. The lowest BCUT2D eigenvalue weighted by atomic mass is 9.95. The Bertz CT molecular complexity index is 892. The molecule has 0 aliphatic carbocycles. The minimum Gasteiger partial charge on any atom is -0.508 e. The van der Waals surface area contributed by atoms with Crippen LogP contribution in [0, 0.1) is 0 Å². The molecule has 1 amide bonds. The average Bonchev–Trinajstić information content (AvgIpc) is 2.93. The van der Waals surface area contributed by atoms with Gasteiger partial charge in [0.05, 0.1) is 11.6 Å². The van der Waals surface area contributed by atoms with Crippen LogP contribution in [0.1, 0.15) is 23.6 Å². The minimum atomic E-state index is -0.712. The monoisotopic (exact) mass is 381 g/mol. The highest BCUT2D eigenvalue weighted by Crippen LogP contribution is 2.39. The van der Waals surface area contributed by atoms with E-state index in [1.54, 1.807) is 24.3 Å². The van der Waals surface area contributed by atoms with E-state index in [4.69, 9.17) is 0 Å². The zero-order valence-electron chi connectivity index (χ0n) is 15.9. The molecule has 1 atom stereocenters. The summed E-state index contributed by atoms with van der Waals surface area (Å²) >= 11 is 0. The Labute approximate surface area is 163 Å². The summed E-state index contributed by atoms with van der Waals surface area (Å²) in [4.78, 5) is 32.9. The molecule has 1 aliphatic rings. The Morgan fingerprint density at radius 1 is 1.11 bits per heavy atom. The maximum atomic E-state index is 12.8. The van der Waals surface area contributed by atoms with Crippen molar-refractivity contribution in [2.45, 2.75) is 12.5 Å². The van der Waals surface area contributed by atoms with Crippen molar-refractivity contribution in [1.82, 2.24) is 14.8 Å². The number of nitrogens with zero attached hydrogens (tertiary/aromatic N) is 3. The molecular weight excluding hydrogens is 358 g/mol. The van der Waals surface area contributed by atoms with E-state index in [0.717, 1.165) is 6.54 Å². The van der Waals surface area contributed by atoms with Gasteiger partial charge >= 0.3 is 0 Å². The van der Waals surface area contributed by atoms with Crippen molar-refractivity contribution in [3.63, 3.8) is 0 Å². The number of hydrogen-bond acceptors (Lipinski definition) is 6. The van der Waals surface area contributed by atoms with Crippen LogP contribution in [0.4, 0.5) is 0 Å². The molecule has 3 rings (SSSR count). The third-order valence-corrected chi connectivity index (χ3v) is 4.71. The minimum absolute atomic E-state index is 0.0479. The van der Waals surface area contributed by atoms with Crippen LogP contribution < -0.4 is 0 Å². The highest BCUT2D eigenvalue weighted by molar-refractivity contribution is 6.46. The number of likely N-dealkylation sites (tertiary alicyclic amines) is 1. The lowest BCUT2D eigenvalue weighted by Gasteiger charge is -2.26. The summed E-state index contributed by atoms with van der Waals surface area (Å²) in [7, 11) is 3.88. The maximum Gasteiger partial charge on any atom is 0.295 e. The topological polar surface area (TPSA) is 94.0 Å². The summed E-state index contributed by atoms with van der Waals surface area (Å²) in [6, 6.07) is 8.78. The van der Waals surface area contributed by atoms with Gasteiger partial charge in [-0.1, -0.05) is 12.1 Å². The van der Waals surface area contributed by atoms with Crippen molar-refractivity contribution >= 4 is 17.4 Å². The average molecular weight is 381 g/mol. The number of phenolic OH excluding ortho intramolecular Hbond substituents is 1. The summed E-state index contributed by atoms with van der Waals surface area (Å²) in [5.41, 5.74) is 1.12. The molecule has 0 radical (unpaired) electrons. The lowest BCUT2D eigenvalue weighted by molar-refractivity contribution is -0.139. The fraction of sp³-hybridized carbons (Fsp3) is 0.286. The van der Waals surface area contributed by atoms with Gasteiger partial charge in [-0.05, 0) is 56.9 Å². The Morgan fingerprint density at radius 3 is 2.36 bits per heavy atom. The van der Waals surface area contributed by atoms with Crippen molar-refractivity contribution in [2.75, 3.05) is 27.2 Å². The first-order chi connectivity index (χ1) is 13.4. The van der Waals surface area contributed by atoms with Crippen molar-refractivity contribution in [1.29, 1.82) is 0 Å². The van der Waals surface area contributed by atoms with E-state index < -0.39 is 17.7 Å². The number of amides is 1. The Morgan fingerprint density at radius 2 is 1.75 bits per heavy atom. The third kappa shape index (κ3) is 3.89. The molecule has 1 aromatic heterocycles. The van der Waals surface area contributed by atoms with Gasteiger partial charge in [-0.15, -0.1) is 0 Å². The molecule has 0 spiro atoms. The molecule has 28 heavy (non-hydrogen) atoms. The summed E-state index contributed by atoms with van der Waals surface area (Å²) < 4.78 is 0. The van der Waals surface area contributed by atoms with E-state index >= 15 is 0 Å². The normalized spacial score (nSPS) is 18.8. The molecule has 0 saturated carbocycles. The molecule has 7 heteroatoms. The summed E-state index contributed by atoms with van der Waals surface area (Å²) in [5.74, 6) is -1.49. The summed E-state index contributed by atoms with van der Waals surface area (Å²) in [5, 5.41) is 20.4. The quantitative estimate of drug-likeness (QED) is 0.452. The largest absolute Gasteiger partial charge is 0.508 e. The number of aliphatic hydroxyl groups is 1. The third-order valence-electron chi connectivity index (χ3n) is 4.71. The smallest absolute Gasteiger partial charge is 0.295 e. The number of rotatable bonds is 6. The molecule has 146 valence electrons. The number of ketones is 1. The molecule has 2 aromatic rings. The number of Topliss-reactive ketones (excluding diaryl/α,β-unsaturated/α-hetero) is 1.